The van der Waals surface area contributed by atoms with E-state index in [0.717, 1.165) is 33.9 Å². The number of rotatable bonds is 6. The maximum absolute atomic E-state index is 13.4. The summed E-state index contributed by atoms with van der Waals surface area (Å²) < 4.78 is 5.18. The van der Waals surface area contributed by atoms with E-state index in [9.17, 15) is 14.4 Å². The predicted octanol–water partition coefficient (Wildman–Crippen LogP) is 3.30. The van der Waals surface area contributed by atoms with Gasteiger partial charge in [-0.2, -0.15) is 0 Å². The number of carbonyl (C=O) groups is 3. The van der Waals surface area contributed by atoms with E-state index in [0.29, 0.717) is 12.8 Å². The number of aryl methyl sites for hydroxylation is 1. The zero-order valence-electron chi connectivity index (χ0n) is 18.9. The maximum Gasteiger partial charge on any atom is 0.325 e. The van der Waals surface area contributed by atoms with Gasteiger partial charge in [-0.3, -0.25) is 9.59 Å². The van der Waals surface area contributed by atoms with Crippen LogP contribution in [0.5, 0.6) is 5.75 Å². The van der Waals surface area contributed by atoms with Gasteiger partial charge in [0.15, 0.2) is 0 Å². The van der Waals surface area contributed by atoms with E-state index in [1.54, 1.807) is 25.9 Å². The van der Waals surface area contributed by atoms with Crippen molar-refractivity contribution >= 4 is 23.5 Å². The largest absolute Gasteiger partial charge is 0.497 e. The highest BCUT2D eigenvalue weighted by atomic mass is 16.5. The fourth-order valence-electron chi connectivity index (χ4n) is 4.63. The highest BCUT2D eigenvalue weighted by Gasteiger charge is 2.51. The molecule has 2 aromatic carbocycles. The summed E-state index contributed by atoms with van der Waals surface area (Å²) in [7, 11) is 1.61. The number of nitrogens with one attached hydrogen (secondary N) is 1. The van der Waals surface area contributed by atoms with Gasteiger partial charge in [0, 0.05) is 11.7 Å². The smallest absolute Gasteiger partial charge is 0.325 e. The van der Waals surface area contributed by atoms with Gasteiger partial charge in [0.2, 0.25) is 5.91 Å². The van der Waals surface area contributed by atoms with Gasteiger partial charge >= 0.3 is 6.03 Å². The third-order valence-corrected chi connectivity index (χ3v) is 6.55. The number of amides is 4. The Balaban J connectivity index is 1.48. The quantitative estimate of drug-likeness (QED) is 0.706. The number of hydrogen-bond acceptors (Lipinski definition) is 4. The minimum absolute atomic E-state index is 0.0235. The van der Waals surface area contributed by atoms with Gasteiger partial charge < -0.3 is 15.0 Å². The molecule has 2 aliphatic rings. The van der Waals surface area contributed by atoms with Crippen LogP contribution in [0, 0.1) is 0 Å². The van der Waals surface area contributed by atoms with Crippen LogP contribution in [0.2, 0.25) is 0 Å². The van der Waals surface area contributed by atoms with Gasteiger partial charge in [-0.25, -0.2) is 9.69 Å². The first-order valence-corrected chi connectivity index (χ1v) is 10.9. The van der Waals surface area contributed by atoms with Crippen LogP contribution in [0.1, 0.15) is 38.3 Å². The average Bonchev–Trinajstić information content (AvgIpc) is 3.23. The normalized spacial score (nSPS) is 23.2. The van der Waals surface area contributed by atoms with E-state index in [1.165, 1.54) is 0 Å². The fourth-order valence-corrected chi connectivity index (χ4v) is 4.63. The van der Waals surface area contributed by atoms with Crippen LogP contribution < -0.4 is 15.0 Å². The zero-order chi connectivity index (χ0) is 23.0. The van der Waals surface area contributed by atoms with E-state index < -0.39 is 17.6 Å². The molecular formula is C25H29N3O4. The van der Waals surface area contributed by atoms with Gasteiger partial charge in [-0.05, 0) is 69.4 Å². The van der Waals surface area contributed by atoms with Crippen molar-refractivity contribution in [3.8, 4) is 5.75 Å². The summed E-state index contributed by atoms with van der Waals surface area (Å²) >= 11 is 0. The predicted molar refractivity (Wildman–Crippen MR) is 122 cm³/mol. The van der Waals surface area contributed by atoms with Crippen LogP contribution in [0.3, 0.4) is 0 Å². The molecule has 2 aromatic rings. The molecular weight excluding hydrogens is 406 g/mol. The molecule has 1 N–H and O–H groups in total. The lowest BCUT2D eigenvalue weighted by molar-refractivity contribution is -0.136. The van der Waals surface area contributed by atoms with Crippen molar-refractivity contribution in [2.24, 2.45) is 0 Å². The summed E-state index contributed by atoms with van der Waals surface area (Å²) in [6.07, 6.45) is 1.80. The van der Waals surface area contributed by atoms with Crippen molar-refractivity contribution in [1.29, 1.82) is 0 Å². The van der Waals surface area contributed by atoms with Crippen molar-refractivity contribution in [3.63, 3.8) is 0 Å². The van der Waals surface area contributed by atoms with Crippen molar-refractivity contribution < 1.29 is 19.1 Å². The van der Waals surface area contributed by atoms with E-state index in [-0.39, 0.29) is 17.9 Å². The van der Waals surface area contributed by atoms with Crippen LogP contribution in [0.15, 0.2) is 48.5 Å². The minimum atomic E-state index is -1.06. The van der Waals surface area contributed by atoms with Crippen molar-refractivity contribution in [2.75, 3.05) is 12.0 Å². The number of nitrogens with zero attached hydrogens (tertiary/aromatic N) is 2. The summed E-state index contributed by atoms with van der Waals surface area (Å²) in [6.45, 7) is 5.33. The number of methoxy groups -OCH3 is 1. The Bertz CT molecular complexity index is 1050. The van der Waals surface area contributed by atoms with Crippen molar-refractivity contribution in [1.82, 2.24) is 10.2 Å². The highest BCUT2D eigenvalue weighted by Crippen LogP contribution is 2.34. The highest BCUT2D eigenvalue weighted by molar-refractivity contribution is 6.11. The number of anilines is 1. The molecule has 3 atom stereocenters. The number of para-hydroxylation sites is 1. The Morgan fingerprint density at radius 1 is 1.19 bits per heavy atom. The van der Waals surface area contributed by atoms with Crippen LogP contribution in [-0.2, 0) is 22.4 Å². The third kappa shape index (κ3) is 3.72. The monoisotopic (exact) mass is 435 g/mol. The first-order valence-electron chi connectivity index (χ1n) is 10.9. The second-order valence-corrected chi connectivity index (χ2v) is 8.85. The topological polar surface area (TPSA) is 79.0 Å². The number of imide groups is 1. The summed E-state index contributed by atoms with van der Waals surface area (Å²) in [5.41, 5.74) is 1.94. The van der Waals surface area contributed by atoms with Gasteiger partial charge in [-0.15, -0.1) is 0 Å². The summed E-state index contributed by atoms with van der Waals surface area (Å²) in [5, 5.41) is 2.82. The van der Waals surface area contributed by atoms with Crippen LogP contribution in [0.25, 0.3) is 0 Å². The molecule has 1 fully saturated rings. The Morgan fingerprint density at radius 2 is 1.88 bits per heavy atom. The molecule has 2 heterocycles. The molecule has 0 aromatic heterocycles. The molecule has 4 rings (SSSR count). The molecule has 1 saturated heterocycles. The van der Waals surface area contributed by atoms with Gasteiger partial charge in [0.1, 0.15) is 17.3 Å². The van der Waals surface area contributed by atoms with E-state index in [2.05, 4.69) is 5.32 Å². The standard InChI is InChI=1S/C25H29N3O4/c1-16-15-19-7-5-6-8-21(19)27(16)22(29)17(2)28-23(30)25(3,26-24(28)31)14-13-18-9-11-20(32-4)12-10-18/h5-12,16-17H,13-15H2,1-4H3,(H,26,31). The van der Waals surface area contributed by atoms with Crippen molar-refractivity contribution in [3.05, 3.63) is 59.7 Å². The number of carbonyl (C=O) groups excluding carboxylic acids is 3. The molecule has 32 heavy (non-hydrogen) atoms. The molecule has 0 aliphatic carbocycles. The van der Waals surface area contributed by atoms with Gasteiger partial charge in [0.05, 0.1) is 7.11 Å². The van der Waals surface area contributed by atoms with Crippen LogP contribution >= 0.6 is 0 Å². The molecule has 7 heteroatoms. The molecule has 168 valence electrons. The molecule has 2 aliphatic heterocycles. The molecule has 7 nitrogen and oxygen atoms in total. The molecule has 0 spiro atoms. The first kappa shape index (κ1) is 21.9. The summed E-state index contributed by atoms with van der Waals surface area (Å²) in [5.74, 6) is 0.156. The second-order valence-electron chi connectivity index (χ2n) is 8.85. The average molecular weight is 436 g/mol. The molecule has 0 bridgehead atoms. The first-order chi connectivity index (χ1) is 15.2. The number of fused-ring (bicyclic) bond motifs is 1. The molecule has 0 radical (unpaired) electrons. The van der Waals surface area contributed by atoms with Crippen molar-refractivity contribution in [2.45, 2.75) is 57.7 Å². The fraction of sp³-hybridized carbons (Fsp3) is 0.400. The number of hydrogen-bond donors (Lipinski definition) is 1. The van der Waals surface area contributed by atoms with E-state index >= 15 is 0 Å². The van der Waals surface area contributed by atoms with E-state index in [1.807, 2.05) is 55.5 Å². The maximum atomic E-state index is 13.4. The second kappa shape index (κ2) is 8.30. The van der Waals surface area contributed by atoms with E-state index in [4.69, 9.17) is 4.74 Å². The number of ether oxygens (including phenoxy) is 1. The number of benzene rings is 2. The van der Waals surface area contributed by atoms with Crippen LogP contribution in [-0.4, -0.2) is 47.5 Å². The Morgan fingerprint density at radius 3 is 2.56 bits per heavy atom. The zero-order valence-corrected chi connectivity index (χ0v) is 18.9. The number of urea groups is 1. The Labute approximate surface area is 188 Å². The molecule has 4 amide bonds. The lowest BCUT2D eigenvalue weighted by Gasteiger charge is -2.30. The Kier molecular flexibility index (Phi) is 5.67. The van der Waals surface area contributed by atoms with Gasteiger partial charge in [0.25, 0.3) is 5.91 Å². The third-order valence-electron chi connectivity index (χ3n) is 6.55. The lowest BCUT2D eigenvalue weighted by Crippen LogP contribution is -2.52. The summed E-state index contributed by atoms with van der Waals surface area (Å²) in [4.78, 5) is 42.3. The minimum Gasteiger partial charge on any atom is -0.497 e. The van der Waals surface area contributed by atoms with Gasteiger partial charge in [-0.1, -0.05) is 30.3 Å². The van der Waals surface area contributed by atoms with Crippen LogP contribution in [0.4, 0.5) is 10.5 Å². The molecule has 3 unspecified atom stereocenters. The summed E-state index contributed by atoms with van der Waals surface area (Å²) in [6, 6.07) is 14.0. The molecule has 0 saturated carbocycles. The Hall–Kier alpha value is -3.35. The SMILES string of the molecule is COc1ccc(CCC2(C)NC(=O)N(C(C)C(=O)N3c4ccccc4CC3C)C2=O)cc1. The lowest BCUT2D eigenvalue weighted by atomic mass is 9.93.